The number of ether oxygens (including phenoxy) is 1. The van der Waals surface area contributed by atoms with Gasteiger partial charge in [0.1, 0.15) is 5.75 Å². The fourth-order valence-electron chi connectivity index (χ4n) is 3.09. The van der Waals surface area contributed by atoms with E-state index in [9.17, 15) is 9.59 Å². The average molecular weight is 338 g/mol. The maximum Gasteiger partial charge on any atom is 0.257 e. The van der Waals surface area contributed by atoms with Crippen molar-refractivity contribution in [2.24, 2.45) is 0 Å². The summed E-state index contributed by atoms with van der Waals surface area (Å²) in [5.41, 5.74) is 2.26. The van der Waals surface area contributed by atoms with Crippen LogP contribution in [0.5, 0.6) is 5.75 Å². The zero-order chi connectivity index (χ0) is 17.8. The summed E-state index contributed by atoms with van der Waals surface area (Å²) in [6, 6.07) is 14.8. The van der Waals surface area contributed by atoms with E-state index in [-0.39, 0.29) is 11.8 Å². The second-order valence-corrected chi connectivity index (χ2v) is 6.10. The predicted octanol–water partition coefficient (Wildman–Crippen LogP) is 2.60. The van der Waals surface area contributed by atoms with E-state index in [2.05, 4.69) is 0 Å². The first-order chi connectivity index (χ1) is 12.1. The fraction of sp³-hybridized carbons (Fsp3) is 0.300. The van der Waals surface area contributed by atoms with Crippen LogP contribution in [-0.4, -0.2) is 54.9 Å². The van der Waals surface area contributed by atoms with Crippen molar-refractivity contribution < 1.29 is 14.3 Å². The van der Waals surface area contributed by atoms with Crippen LogP contribution in [-0.2, 0) is 0 Å². The van der Waals surface area contributed by atoms with E-state index >= 15 is 0 Å². The molecule has 2 aromatic rings. The molecular formula is C20H22N2O3. The number of methoxy groups -OCH3 is 1. The predicted molar refractivity (Wildman–Crippen MR) is 96.0 cm³/mol. The lowest BCUT2D eigenvalue weighted by atomic mass is 10.1. The number of hydrogen-bond donors (Lipinski definition) is 0. The molecule has 2 amide bonds. The van der Waals surface area contributed by atoms with Crippen LogP contribution in [0.25, 0.3) is 0 Å². The molecule has 0 bridgehead atoms. The number of carbonyl (C=O) groups is 2. The third-order valence-electron chi connectivity index (χ3n) is 4.57. The first kappa shape index (κ1) is 17.0. The molecule has 5 heteroatoms. The SMILES string of the molecule is COc1ccccc1C(=O)N1CCN(C(=O)c2ccccc2C)CC1. The van der Waals surface area contributed by atoms with Crippen molar-refractivity contribution in [1.29, 1.82) is 0 Å². The van der Waals surface area contributed by atoms with E-state index in [1.54, 1.807) is 24.1 Å². The van der Waals surface area contributed by atoms with Crippen LogP contribution >= 0.6 is 0 Å². The zero-order valence-corrected chi connectivity index (χ0v) is 14.6. The van der Waals surface area contributed by atoms with Crippen LogP contribution in [0.3, 0.4) is 0 Å². The van der Waals surface area contributed by atoms with Gasteiger partial charge in [0.05, 0.1) is 12.7 Å². The molecule has 1 fully saturated rings. The zero-order valence-electron chi connectivity index (χ0n) is 14.6. The lowest BCUT2D eigenvalue weighted by molar-refractivity contribution is 0.0533. The van der Waals surface area contributed by atoms with Crippen LogP contribution < -0.4 is 4.74 Å². The number of rotatable bonds is 3. The van der Waals surface area contributed by atoms with Crippen LogP contribution in [0.15, 0.2) is 48.5 Å². The van der Waals surface area contributed by atoms with Crippen molar-refractivity contribution in [3.05, 3.63) is 65.2 Å². The quantitative estimate of drug-likeness (QED) is 0.864. The molecule has 2 aromatic carbocycles. The van der Waals surface area contributed by atoms with Crippen molar-refractivity contribution >= 4 is 11.8 Å². The minimum absolute atomic E-state index is 0.0301. The normalized spacial score (nSPS) is 14.3. The third-order valence-corrected chi connectivity index (χ3v) is 4.57. The van der Waals surface area contributed by atoms with Gasteiger partial charge in [-0.05, 0) is 30.7 Å². The fourth-order valence-corrected chi connectivity index (χ4v) is 3.09. The highest BCUT2D eigenvalue weighted by Crippen LogP contribution is 2.20. The first-order valence-electron chi connectivity index (χ1n) is 8.39. The summed E-state index contributed by atoms with van der Waals surface area (Å²) in [6.07, 6.45) is 0. The highest BCUT2D eigenvalue weighted by Gasteiger charge is 2.27. The number of aryl methyl sites for hydroxylation is 1. The number of carbonyl (C=O) groups excluding carboxylic acids is 2. The van der Waals surface area contributed by atoms with E-state index in [0.717, 1.165) is 11.1 Å². The van der Waals surface area contributed by atoms with Gasteiger partial charge in [-0.3, -0.25) is 9.59 Å². The second-order valence-electron chi connectivity index (χ2n) is 6.10. The van der Waals surface area contributed by atoms with Crippen molar-refractivity contribution in [1.82, 2.24) is 9.80 Å². The van der Waals surface area contributed by atoms with E-state index in [4.69, 9.17) is 4.74 Å². The Morgan fingerprint density at radius 3 is 1.84 bits per heavy atom. The van der Waals surface area contributed by atoms with Crippen LogP contribution in [0.1, 0.15) is 26.3 Å². The Labute approximate surface area is 147 Å². The molecule has 0 radical (unpaired) electrons. The Morgan fingerprint density at radius 1 is 0.800 bits per heavy atom. The summed E-state index contributed by atoms with van der Waals surface area (Å²) < 4.78 is 5.28. The Bertz CT molecular complexity index is 780. The average Bonchev–Trinajstić information content (AvgIpc) is 2.67. The largest absolute Gasteiger partial charge is 0.496 e. The molecule has 0 atom stereocenters. The molecule has 0 aromatic heterocycles. The van der Waals surface area contributed by atoms with Gasteiger partial charge >= 0.3 is 0 Å². The molecule has 0 unspecified atom stereocenters. The molecule has 1 heterocycles. The Morgan fingerprint density at radius 2 is 1.28 bits per heavy atom. The molecule has 1 saturated heterocycles. The summed E-state index contributed by atoms with van der Waals surface area (Å²) in [7, 11) is 1.56. The lowest BCUT2D eigenvalue weighted by Crippen LogP contribution is -2.50. The highest BCUT2D eigenvalue weighted by atomic mass is 16.5. The molecule has 0 N–H and O–H groups in total. The minimum Gasteiger partial charge on any atom is -0.496 e. The molecule has 3 rings (SSSR count). The van der Waals surface area contributed by atoms with Crippen molar-refractivity contribution in [2.75, 3.05) is 33.3 Å². The number of para-hydroxylation sites is 1. The van der Waals surface area contributed by atoms with Crippen LogP contribution in [0.2, 0.25) is 0 Å². The molecule has 25 heavy (non-hydrogen) atoms. The third kappa shape index (κ3) is 3.50. The maximum absolute atomic E-state index is 12.7. The monoisotopic (exact) mass is 338 g/mol. The van der Waals surface area contributed by atoms with Crippen LogP contribution in [0.4, 0.5) is 0 Å². The van der Waals surface area contributed by atoms with E-state index in [1.165, 1.54) is 0 Å². The Hall–Kier alpha value is -2.82. The first-order valence-corrected chi connectivity index (χ1v) is 8.39. The van der Waals surface area contributed by atoms with E-state index in [1.807, 2.05) is 48.2 Å². The molecule has 5 nitrogen and oxygen atoms in total. The van der Waals surface area contributed by atoms with Gasteiger partial charge in [0.25, 0.3) is 11.8 Å². The Balaban J connectivity index is 1.67. The van der Waals surface area contributed by atoms with Gasteiger partial charge in [0, 0.05) is 31.7 Å². The summed E-state index contributed by atoms with van der Waals surface area (Å²) >= 11 is 0. The summed E-state index contributed by atoms with van der Waals surface area (Å²) in [5, 5.41) is 0. The molecule has 1 aliphatic rings. The maximum atomic E-state index is 12.7. The molecule has 0 aliphatic carbocycles. The highest BCUT2D eigenvalue weighted by molar-refractivity contribution is 5.98. The summed E-state index contributed by atoms with van der Waals surface area (Å²) in [6.45, 7) is 4.06. The van der Waals surface area contributed by atoms with Gasteiger partial charge in [-0.25, -0.2) is 0 Å². The van der Waals surface area contributed by atoms with Gasteiger partial charge in [-0.2, -0.15) is 0 Å². The molecular weight excluding hydrogens is 316 g/mol. The minimum atomic E-state index is -0.0551. The van der Waals surface area contributed by atoms with Gasteiger partial charge < -0.3 is 14.5 Å². The van der Waals surface area contributed by atoms with Gasteiger partial charge in [0.2, 0.25) is 0 Å². The van der Waals surface area contributed by atoms with Crippen molar-refractivity contribution in [3.8, 4) is 5.75 Å². The molecule has 1 aliphatic heterocycles. The van der Waals surface area contributed by atoms with Gasteiger partial charge in [-0.1, -0.05) is 30.3 Å². The van der Waals surface area contributed by atoms with E-state index in [0.29, 0.717) is 37.5 Å². The molecule has 130 valence electrons. The summed E-state index contributed by atoms with van der Waals surface area (Å²) in [5.74, 6) is 0.550. The molecule has 0 saturated carbocycles. The Kier molecular flexibility index (Phi) is 5.03. The van der Waals surface area contributed by atoms with E-state index < -0.39 is 0 Å². The second kappa shape index (κ2) is 7.38. The number of hydrogen-bond acceptors (Lipinski definition) is 3. The smallest absolute Gasteiger partial charge is 0.257 e. The number of benzene rings is 2. The standard InChI is InChI=1S/C20H22N2O3/c1-15-7-3-4-8-16(15)19(23)21-11-13-22(14-12-21)20(24)17-9-5-6-10-18(17)25-2/h3-10H,11-14H2,1-2H3. The number of amides is 2. The number of piperazine rings is 1. The van der Waals surface area contributed by atoms with Crippen molar-refractivity contribution in [2.45, 2.75) is 6.92 Å². The lowest BCUT2D eigenvalue weighted by Gasteiger charge is -2.35. The van der Waals surface area contributed by atoms with Gasteiger partial charge in [0.15, 0.2) is 0 Å². The summed E-state index contributed by atoms with van der Waals surface area (Å²) in [4.78, 5) is 29.0. The topological polar surface area (TPSA) is 49.9 Å². The van der Waals surface area contributed by atoms with Crippen LogP contribution in [0, 0.1) is 6.92 Å². The number of nitrogens with zero attached hydrogens (tertiary/aromatic N) is 2. The van der Waals surface area contributed by atoms with Gasteiger partial charge in [-0.15, -0.1) is 0 Å². The molecule has 0 spiro atoms. The van der Waals surface area contributed by atoms with Crippen molar-refractivity contribution in [3.63, 3.8) is 0 Å².